The highest BCUT2D eigenvalue weighted by Crippen LogP contribution is 2.51. The molecule has 0 aliphatic carbocycles. The molecule has 0 unspecified atom stereocenters. The van der Waals surface area contributed by atoms with Crippen molar-refractivity contribution >= 4 is 84.7 Å². The van der Waals surface area contributed by atoms with Crippen LogP contribution in [0.3, 0.4) is 0 Å². The third-order valence-corrected chi connectivity index (χ3v) is 52.7. The average molecular weight is 792 g/mol. The SMILES string of the molecule is CC(C)O[Si](Br)c1c(C([Si](C)(C)C)[Si](C)(C)C)cc(C([Si](C)(C)C)([Si](C)(C)C)[Si](C)(C)C)cc1C([Si](C)(C)C)[Si](C)(C)C. The number of rotatable bonds is 13. The van der Waals surface area contributed by atoms with Gasteiger partial charge in [-0.15, -0.1) is 0 Å². The van der Waals surface area contributed by atoms with Crippen molar-refractivity contribution in [3.05, 3.63) is 28.8 Å². The summed E-state index contributed by atoms with van der Waals surface area (Å²) in [6.45, 7) is 60.9. The summed E-state index contributed by atoms with van der Waals surface area (Å²) in [6.07, 6.45) is 0.216. The van der Waals surface area contributed by atoms with Gasteiger partial charge in [-0.25, -0.2) is 0 Å². The van der Waals surface area contributed by atoms with Crippen molar-refractivity contribution in [1.82, 2.24) is 0 Å². The Morgan fingerprint density at radius 3 is 0.977 bits per heavy atom. The minimum atomic E-state index is -1.68. The van der Waals surface area contributed by atoms with E-state index in [1.807, 2.05) is 0 Å². The lowest BCUT2D eigenvalue weighted by molar-refractivity contribution is 0.258. The molecule has 0 heterocycles. The summed E-state index contributed by atoms with van der Waals surface area (Å²) in [5, 5.41) is 3.02. The van der Waals surface area contributed by atoms with Gasteiger partial charge in [0.2, 0.25) is 0 Å². The Morgan fingerprint density at radius 2 is 0.791 bits per heavy atom. The Morgan fingerprint density at radius 1 is 0.535 bits per heavy atom. The molecule has 0 saturated carbocycles. The van der Waals surface area contributed by atoms with Crippen molar-refractivity contribution < 1.29 is 4.43 Å². The maximum Gasteiger partial charge on any atom is 0.330 e. The normalized spacial score (nSPS) is 15.4. The van der Waals surface area contributed by atoms with Gasteiger partial charge in [-0.1, -0.05) is 165 Å². The van der Waals surface area contributed by atoms with E-state index in [9.17, 15) is 0 Å². The van der Waals surface area contributed by atoms with Gasteiger partial charge in [0.05, 0.1) is 0 Å². The fourth-order valence-electron chi connectivity index (χ4n) is 11.0. The summed E-state index contributed by atoms with van der Waals surface area (Å²) < 4.78 is 7.26. The van der Waals surface area contributed by atoms with E-state index in [1.165, 1.54) is 0 Å². The van der Waals surface area contributed by atoms with Crippen LogP contribution in [0.2, 0.25) is 137 Å². The first kappa shape index (κ1) is 42.4. The molecule has 0 amide bonds. The zero-order valence-electron chi connectivity index (χ0n) is 33.2. The summed E-state index contributed by atoms with van der Waals surface area (Å²) in [7, 11) is -12.8. The molecule has 0 saturated heterocycles. The van der Waals surface area contributed by atoms with Crippen LogP contribution in [-0.2, 0) is 8.71 Å². The minimum Gasteiger partial charge on any atom is -0.400 e. The quantitative estimate of drug-likeness (QED) is 0.143. The second kappa shape index (κ2) is 13.4. The van der Waals surface area contributed by atoms with E-state index in [1.54, 1.807) is 21.9 Å². The molecule has 0 bridgehead atoms. The van der Waals surface area contributed by atoms with Crippen LogP contribution in [0.5, 0.6) is 0 Å². The van der Waals surface area contributed by atoms with Gasteiger partial charge in [0, 0.05) is 62.6 Å². The Hall–Kier alpha value is 1.40. The first-order chi connectivity index (χ1) is 18.5. The van der Waals surface area contributed by atoms with Crippen LogP contribution >= 0.6 is 15.3 Å². The molecule has 43 heavy (non-hydrogen) atoms. The Labute approximate surface area is 287 Å². The maximum absolute atomic E-state index is 6.90. The third kappa shape index (κ3) is 9.10. The van der Waals surface area contributed by atoms with Crippen LogP contribution in [0.4, 0.5) is 0 Å². The molecule has 1 radical (unpaired) electrons. The highest BCUT2D eigenvalue weighted by molar-refractivity contribution is 9.24. The molecule has 0 aliphatic rings. The lowest BCUT2D eigenvalue weighted by atomic mass is 10.1. The Bertz CT molecular complexity index is 984. The molecule has 0 aliphatic heterocycles. The molecule has 10 heteroatoms. The molecule has 1 aromatic rings. The fraction of sp³-hybridized carbons (Fsp3) is 0.818. The van der Waals surface area contributed by atoms with E-state index in [-0.39, 0.29) is 6.10 Å². The highest BCUT2D eigenvalue weighted by atomic mass is 79.9. The molecule has 0 fully saturated rings. The van der Waals surface area contributed by atoms with Crippen LogP contribution in [0.25, 0.3) is 0 Å². The van der Waals surface area contributed by atoms with Gasteiger partial charge in [0.15, 0.2) is 0 Å². The van der Waals surface area contributed by atoms with Crippen molar-refractivity contribution in [2.75, 3.05) is 0 Å². The zero-order valence-corrected chi connectivity index (χ0v) is 42.8. The summed E-state index contributed by atoms with van der Waals surface area (Å²) in [4.78, 5) is 0. The number of hydrogen-bond acceptors (Lipinski definition) is 1. The van der Waals surface area contributed by atoms with Gasteiger partial charge in [0.25, 0.3) is 0 Å². The largest absolute Gasteiger partial charge is 0.400 e. The fourth-order valence-corrected chi connectivity index (χ4v) is 70.9. The number of benzene rings is 1. The van der Waals surface area contributed by atoms with Crippen LogP contribution in [-0.4, -0.2) is 70.3 Å². The van der Waals surface area contributed by atoms with Gasteiger partial charge >= 0.3 is 7.66 Å². The minimum absolute atomic E-state index is 0.216. The standard InChI is InChI=1S/C33H74BrOSi8/c1-26(2)35-36(34)30-28(31(37(3,4)5)38(6,7)8)24-27(25-29(30)32(39(9,10)11)40(12,13)14)33(41(15,16)17,42(18,19)20)43(21,22)23/h24-26,31-32H,1-23H3. The van der Waals surface area contributed by atoms with E-state index in [0.29, 0.717) is 14.6 Å². The molecular formula is C33H74BrOSi8. The van der Waals surface area contributed by atoms with Gasteiger partial charge in [0.1, 0.15) is 0 Å². The van der Waals surface area contributed by atoms with Gasteiger partial charge < -0.3 is 4.43 Å². The van der Waals surface area contributed by atoms with Crippen molar-refractivity contribution in [2.24, 2.45) is 0 Å². The smallest absolute Gasteiger partial charge is 0.330 e. The van der Waals surface area contributed by atoms with Crippen molar-refractivity contribution in [3.8, 4) is 0 Å². The molecule has 1 nitrogen and oxygen atoms in total. The third-order valence-electron chi connectivity index (χ3n) is 9.63. The molecule has 251 valence electrons. The van der Waals surface area contributed by atoms with Crippen LogP contribution in [0.15, 0.2) is 12.1 Å². The molecular weight excluding hydrogens is 717 g/mol. The highest BCUT2D eigenvalue weighted by Gasteiger charge is 2.61. The van der Waals surface area contributed by atoms with Gasteiger partial charge in [-0.2, -0.15) is 0 Å². The predicted octanol–water partition coefficient (Wildman–Crippen LogP) is 11.7. The molecule has 0 aromatic heterocycles. The summed E-state index contributed by atoms with van der Waals surface area (Å²) in [6, 6.07) is 5.77. The van der Waals surface area contributed by atoms with Crippen molar-refractivity contribution in [1.29, 1.82) is 0 Å². The van der Waals surface area contributed by atoms with Crippen molar-refractivity contribution in [2.45, 2.75) is 172 Å². The second-order valence-corrected chi connectivity index (χ2v) is 64.4. The van der Waals surface area contributed by atoms with Gasteiger partial charge in [-0.3, -0.25) is 0 Å². The topological polar surface area (TPSA) is 9.23 Å². The van der Waals surface area contributed by atoms with Crippen LogP contribution in [0.1, 0.15) is 40.9 Å². The molecule has 1 rings (SSSR count). The first-order valence-electron chi connectivity index (χ1n) is 16.9. The number of halogens is 1. The first-order valence-corrected chi connectivity index (χ1v) is 45.4. The predicted molar refractivity (Wildman–Crippen MR) is 228 cm³/mol. The summed E-state index contributed by atoms with van der Waals surface area (Å²) >= 11 is 4.35. The van der Waals surface area contributed by atoms with Crippen LogP contribution in [0, 0.1) is 0 Å². The van der Waals surface area contributed by atoms with Gasteiger partial charge in [-0.05, 0) is 50.3 Å². The van der Waals surface area contributed by atoms with E-state index in [2.05, 4.69) is 179 Å². The van der Waals surface area contributed by atoms with E-state index < -0.39 is 64.2 Å². The molecule has 0 atom stereocenters. The van der Waals surface area contributed by atoms with E-state index in [4.69, 9.17) is 4.43 Å². The van der Waals surface area contributed by atoms with Crippen LogP contribution < -0.4 is 5.19 Å². The molecule has 0 N–H and O–H groups in total. The van der Waals surface area contributed by atoms with E-state index in [0.717, 1.165) is 0 Å². The lowest BCUT2D eigenvalue weighted by Gasteiger charge is -2.60. The Kier molecular flexibility index (Phi) is 13.2. The Balaban J connectivity index is 4.98. The van der Waals surface area contributed by atoms with E-state index >= 15 is 0 Å². The second-order valence-electron chi connectivity index (χ2n) is 21.3. The molecule has 1 aromatic carbocycles. The summed E-state index contributed by atoms with van der Waals surface area (Å²) in [5.74, 6) is 0. The lowest BCUT2D eigenvalue weighted by Crippen LogP contribution is -2.74. The zero-order chi connectivity index (χ0) is 34.7. The molecule has 0 spiro atoms. The average Bonchev–Trinajstić information content (AvgIpc) is 2.58. The maximum atomic E-state index is 6.90. The monoisotopic (exact) mass is 789 g/mol. The number of hydrogen-bond donors (Lipinski definition) is 0. The summed E-state index contributed by atoms with van der Waals surface area (Å²) in [5.41, 5.74) is 5.24. The van der Waals surface area contributed by atoms with Crippen molar-refractivity contribution in [3.63, 3.8) is 0 Å².